The van der Waals surface area contributed by atoms with Gasteiger partial charge in [-0.25, -0.2) is 0 Å². The monoisotopic (exact) mass is 308 g/mol. The van der Waals surface area contributed by atoms with Crippen molar-refractivity contribution in [2.75, 3.05) is 0 Å². The van der Waals surface area contributed by atoms with Crippen LogP contribution in [-0.2, 0) is 4.79 Å². The van der Waals surface area contributed by atoms with E-state index >= 15 is 0 Å². The molecule has 0 radical (unpaired) electrons. The highest BCUT2D eigenvalue weighted by molar-refractivity contribution is 9.25. The lowest BCUT2D eigenvalue weighted by molar-refractivity contribution is -0.135. The van der Waals surface area contributed by atoms with E-state index in [0.717, 1.165) is 0 Å². The first-order valence-electron chi connectivity index (χ1n) is 1.70. The van der Waals surface area contributed by atoms with Gasteiger partial charge in [-0.3, -0.25) is 4.79 Å². The normalized spacial score (nSPS) is 14.0. The third kappa shape index (κ3) is 3.04. The van der Waals surface area contributed by atoms with Crippen molar-refractivity contribution >= 4 is 53.8 Å². The molecule has 2 nitrogen and oxygen atoms in total. The van der Waals surface area contributed by atoms with Crippen LogP contribution >= 0.6 is 47.8 Å². The number of carbonyl (C=O) groups is 1. The van der Waals surface area contributed by atoms with Crippen molar-refractivity contribution in [3.63, 3.8) is 0 Å². The predicted octanol–water partition coefficient (Wildman–Crippen LogP) is 1.95. The number of hydrogen-bond donors (Lipinski definition) is 1. The lowest BCUT2D eigenvalue weighted by Gasteiger charge is -2.02. The Bertz CT molecular complexity index is 92.5. The molecule has 0 bridgehead atoms. The SMILES string of the molecule is O=C(O)C(Br)C(Br)Br. The van der Waals surface area contributed by atoms with E-state index in [9.17, 15) is 4.79 Å². The summed E-state index contributed by atoms with van der Waals surface area (Å²) in [6.07, 6.45) is 0. The Morgan fingerprint density at radius 3 is 1.75 bits per heavy atom. The van der Waals surface area contributed by atoms with E-state index in [-0.39, 0.29) is 3.74 Å². The Morgan fingerprint density at radius 2 is 1.75 bits per heavy atom. The van der Waals surface area contributed by atoms with Crippen LogP contribution in [0.4, 0.5) is 0 Å². The maximum atomic E-state index is 10.0. The molecule has 0 aliphatic heterocycles. The van der Waals surface area contributed by atoms with Gasteiger partial charge in [0.25, 0.3) is 0 Å². The second-order valence-electron chi connectivity index (χ2n) is 1.07. The second kappa shape index (κ2) is 3.85. The van der Waals surface area contributed by atoms with Crippen LogP contribution in [0.5, 0.6) is 0 Å². The molecule has 0 rings (SSSR count). The summed E-state index contributed by atoms with van der Waals surface area (Å²) in [7, 11) is 0. The molecule has 1 atom stereocenters. The molecular formula is C3H3Br3O2. The fourth-order valence-electron chi connectivity index (χ4n) is 0.108. The maximum Gasteiger partial charge on any atom is 0.319 e. The molecule has 48 valence electrons. The molecule has 0 aromatic heterocycles. The van der Waals surface area contributed by atoms with Crippen molar-refractivity contribution in [3.05, 3.63) is 0 Å². The van der Waals surface area contributed by atoms with Gasteiger partial charge in [0.2, 0.25) is 0 Å². The average molecular weight is 311 g/mol. The quantitative estimate of drug-likeness (QED) is 0.792. The maximum absolute atomic E-state index is 10.0. The molecule has 0 aromatic rings. The minimum Gasteiger partial charge on any atom is -0.480 e. The minimum absolute atomic E-state index is 0.215. The van der Waals surface area contributed by atoms with E-state index in [1.54, 1.807) is 0 Å². The number of carboxylic acid groups (broad SMARTS) is 1. The van der Waals surface area contributed by atoms with E-state index in [4.69, 9.17) is 5.11 Å². The summed E-state index contributed by atoms with van der Waals surface area (Å²) < 4.78 is -0.215. The van der Waals surface area contributed by atoms with Crippen LogP contribution in [0.2, 0.25) is 0 Å². The van der Waals surface area contributed by atoms with Crippen LogP contribution in [0.15, 0.2) is 0 Å². The average Bonchev–Trinajstić information content (AvgIpc) is 1.64. The Morgan fingerprint density at radius 1 is 1.38 bits per heavy atom. The number of aliphatic carboxylic acids is 1. The molecule has 5 heteroatoms. The van der Waals surface area contributed by atoms with E-state index in [1.807, 2.05) is 0 Å². The second-order valence-corrected chi connectivity index (χ2v) is 5.26. The van der Waals surface area contributed by atoms with Gasteiger partial charge in [-0.05, 0) is 0 Å². The summed E-state index contributed by atoms with van der Waals surface area (Å²) in [6.45, 7) is 0. The zero-order chi connectivity index (χ0) is 6.73. The summed E-state index contributed by atoms with van der Waals surface area (Å²) in [6, 6.07) is 0. The van der Waals surface area contributed by atoms with Gasteiger partial charge in [-0.1, -0.05) is 47.8 Å². The smallest absolute Gasteiger partial charge is 0.319 e. The summed E-state index contributed by atoms with van der Waals surface area (Å²) in [5, 5.41) is 8.25. The molecule has 0 heterocycles. The van der Waals surface area contributed by atoms with Gasteiger partial charge in [0.05, 0.1) is 3.74 Å². The predicted molar refractivity (Wildman–Crippen MR) is 42.0 cm³/mol. The van der Waals surface area contributed by atoms with Crippen LogP contribution in [0.3, 0.4) is 0 Å². The molecule has 1 unspecified atom stereocenters. The minimum atomic E-state index is -0.885. The number of carboxylic acids is 1. The van der Waals surface area contributed by atoms with E-state index in [2.05, 4.69) is 47.8 Å². The molecule has 0 spiro atoms. The largest absolute Gasteiger partial charge is 0.480 e. The van der Waals surface area contributed by atoms with E-state index in [0.29, 0.717) is 0 Å². The first-order chi connectivity index (χ1) is 3.55. The third-order valence-electron chi connectivity index (χ3n) is 0.457. The van der Waals surface area contributed by atoms with Gasteiger partial charge in [0.1, 0.15) is 4.83 Å². The lowest BCUT2D eigenvalue weighted by atomic mass is 10.5. The van der Waals surface area contributed by atoms with Crippen molar-refractivity contribution in [2.24, 2.45) is 0 Å². The van der Waals surface area contributed by atoms with Gasteiger partial charge in [0, 0.05) is 0 Å². The number of alkyl halides is 3. The number of rotatable bonds is 2. The molecule has 0 aliphatic rings. The Balaban J connectivity index is 3.64. The lowest BCUT2D eigenvalue weighted by Crippen LogP contribution is -2.18. The van der Waals surface area contributed by atoms with Crippen LogP contribution in [-0.4, -0.2) is 19.6 Å². The number of halogens is 3. The summed E-state index contributed by atoms with van der Waals surface area (Å²) >= 11 is 8.97. The summed E-state index contributed by atoms with van der Waals surface area (Å²) in [5.41, 5.74) is 0. The van der Waals surface area contributed by atoms with Crippen LogP contribution < -0.4 is 0 Å². The molecule has 0 aliphatic carbocycles. The Labute approximate surface area is 72.0 Å². The van der Waals surface area contributed by atoms with Crippen molar-refractivity contribution in [1.29, 1.82) is 0 Å². The zero-order valence-corrected chi connectivity index (χ0v) is 8.40. The van der Waals surface area contributed by atoms with E-state index in [1.165, 1.54) is 0 Å². The highest BCUT2D eigenvalue weighted by Gasteiger charge is 2.19. The molecular weight excluding hydrogens is 308 g/mol. The topological polar surface area (TPSA) is 37.3 Å². The Hall–Kier alpha value is 0.910. The van der Waals surface area contributed by atoms with Gasteiger partial charge in [-0.2, -0.15) is 0 Å². The zero-order valence-electron chi connectivity index (χ0n) is 3.64. The van der Waals surface area contributed by atoms with Gasteiger partial charge in [0.15, 0.2) is 0 Å². The van der Waals surface area contributed by atoms with Crippen LogP contribution in [0.1, 0.15) is 0 Å². The molecule has 1 N–H and O–H groups in total. The molecule has 8 heavy (non-hydrogen) atoms. The molecule has 0 fully saturated rings. The summed E-state index contributed by atoms with van der Waals surface area (Å²) in [4.78, 5) is 9.47. The number of hydrogen-bond acceptors (Lipinski definition) is 1. The first kappa shape index (κ1) is 8.91. The molecule has 0 aromatic carbocycles. The fraction of sp³-hybridized carbons (Fsp3) is 0.667. The van der Waals surface area contributed by atoms with Gasteiger partial charge >= 0.3 is 5.97 Å². The molecule has 0 saturated carbocycles. The molecule has 0 saturated heterocycles. The Kier molecular flexibility index (Phi) is 4.28. The van der Waals surface area contributed by atoms with Gasteiger partial charge in [-0.15, -0.1) is 0 Å². The highest BCUT2D eigenvalue weighted by atomic mass is 79.9. The molecule has 0 amide bonds. The third-order valence-corrected chi connectivity index (χ3v) is 3.85. The highest BCUT2D eigenvalue weighted by Crippen LogP contribution is 2.19. The van der Waals surface area contributed by atoms with E-state index < -0.39 is 10.8 Å². The first-order valence-corrected chi connectivity index (χ1v) is 4.45. The summed E-state index contributed by atoms with van der Waals surface area (Å²) in [5.74, 6) is -0.885. The van der Waals surface area contributed by atoms with Crippen LogP contribution in [0, 0.1) is 0 Å². The van der Waals surface area contributed by atoms with Crippen molar-refractivity contribution in [1.82, 2.24) is 0 Å². The van der Waals surface area contributed by atoms with Crippen molar-refractivity contribution in [2.45, 2.75) is 8.56 Å². The van der Waals surface area contributed by atoms with Gasteiger partial charge < -0.3 is 5.11 Å². The van der Waals surface area contributed by atoms with Crippen molar-refractivity contribution in [3.8, 4) is 0 Å². The fourth-order valence-corrected chi connectivity index (χ4v) is 0.560. The standard InChI is InChI=1S/C3H3Br3O2/c4-1(2(5)6)3(7)8/h1-2H,(H,7,8). The van der Waals surface area contributed by atoms with Crippen LogP contribution in [0.25, 0.3) is 0 Å². The van der Waals surface area contributed by atoms with Crippen molar-refractivity contribution < 1.29 is 9.90 Å².